The third-order valence-corrected chi connectivity index (χ3v) is 2.04. The predicted octanol–water partition coefficient (Wildman–Crippen LogP) is -0.924. The molecule has 0 aromatic rings. The van der Waals surface area contributed by atoms with E-state index >= 15 is 0 Å². The number of hydrogen-bond donors (Lipinski definition) is 1. The highest BCUT2D eigenvalue weighted by Gasteiger charge is 2.06. The Labute approximate surface area is 66.0 Å². The van der Waals surface area contributed by atoms with Gasteiger partial charge in [0.1, 0.15) is 0 Å². The summed E-state index contributed by atoms with van der Waals surface area (Å²) in [5.74, 6) is -0.503. The number of sulfonamides is 1. The van der Waals surface area contributed by atoms with Gasteiger partial charge in [-0.15, -0.1) is 0 Å². The largest absolute Gasteiger partial charge is 0.383 e. The van der Waals surface area contributed by atoms with Gasteiger partial charge < -0.3 is 4.74 Å². The van der Waals surface area contributed by atoms with Crippen LogP contribution in [0.5, 0.6) is 0 Å². The highest BCUT2D eigenvalue weighted by Crippen LogP contribution is 1.80. The highest BCUT2D eigenvalue weighted by molar-refractivity contribution is 7.89. The molecule has 11 heavy (non-hydrogen) atoms. The smallest absolute Gasteiger partial charge is 0.225 e. The predicted molar refractivity (Wildman–Crippen MR) is 39.3 cm³/mol. The lowest BCUT2D eigenvalue weighted by atomic mass is 10.7. The zero-order chi connectivity index (χ0) is 8.74. The molecule has 0 atom stereocenters. The Balaban J connectivity index is 3.68. The van der Waals surface area contributed by atoms with Crippen LogP contribution < -0.4 is 4.72 Å². The first-order valence-corrected chi connectivity index (χ1v) is 4.61. The van der Waals surface area contributed by atoms with Crippen molar-refractivity contribution in [3.05, 3.63) is 0 Å². The summed E-state index contributed by atoms with van der Waals surface area (Å²) in [7, 11) is -1.92. The number of nitriles is 1. The number of rotatable bonds is 5. The van der Waals surface area contributed by atoms with E-state index in [4.69, 9.17) is 5.26 Å². The van der Waals surface area contributed by atoms with Crippen LogP contribution in [0, 0.1) is 11.3 Å². The van der Waals surface area contributed by atoms with Crippen LogP contribution in [0.1, 0.15) is 0 Å². The van der Waals surface area contributed by atoms with Gasteiger partial charge in [0.25, 0.3) is 0 Å². The molecule has 0 fully saturated rings. The van der Waals surface area contributed by atoms with E-state index in [0.29, 0.717) is 6.61 Å². The molecule has 1 N–H and O–H groups in total. The van der Waals surface area contributed by atoms with Crippen LogP contribution in [-0.4, -0.2) is 34.4 Å². The summed E-state index contributed by atoms with van der Waals surface area (Å²) in [4.78, 5) is 0. The first kappa shape index (κ1) is 10.4. The van der Waals surface area contributed by atoms with Crippen LogP contribution in [-0.2, 0) is 14.8 Å². The molecule has 0 saturated heterocycles. The van der Waals surface area contributed by atoms with Gasteiger partial charge >= 0.3 is 0 Å². The maximum absolute atomic E-state index is 10.7. The van der Waals surface area contributed by atoms with Crippen LogP contribution in [0.4, 0.5) is 0 Å². The van der Waals surface area contributed by atoms with Crippen molar-refractivity contribution >= 4 is 10.0 Å². The van der Waals surface area contributed by atoms with E-state index in [0.717, 1.165) is 0 Å². The minimum Gasteiger partial charge on any atom is -0.383 e. The Bertz CT molecular complexity index is 229. The normalized spacial score (nSPS) is 10.9. The Kier molecular flexibility index (Phi) is 4.77. The van der Waals surface area contributed by atoms with Crippen molar-refractivity contribution in [3.63, 3.8) is 0 Å². The van der Waals surface area contributed by atoms with E-state index in [9.17, 15) is 8.42 Å². The lowest BCUT2D eigenvalue weighted by molar-refractivity contribution is 0.204. The molecule has 0 aromatic heterocycles. The first-order chi connectivity index (χ1) is 5.12. The van der Waals surface area contributed by atoms with E-state index in [2.05, 4.69) is 9.46 Å². The number of methoxy groups -OCH3 is 1. The van der Waals surface area contributed by atoms with E-state index < -0.39 is 15.8 Å². The van der Waals surface area contributed by atoms with Gasteiger partial charge in [0, 0.05) is 13.7 Å². The van der Waals surface area contributed by atoms with Gasteiger partial charge in [-0.25, -0.2) is 13.1 Å². The third kappa shape index (κ3) is 5.79. The van der Waals surface area contributed by atoms with Gasteiger partial charge in [-0.3, -0.25) is 0 Å². The Morgan fingerprint density at radius 3 is 2.73 bits per heavy atom. The Hall–Kier alpha value is -0.640. The van der Waals surface area contributed by atoms with E-state index in [1.54, 1.807) is 6.07 Å². The molecule has 0 amide bonds. The van der Waals surface area contributed by atoms with E-state index in [1.807, 2.05) is 0 Å². The molecule has 0 bridgehead atoms. The summed E-state index contributed by atoms with van der Waals surface area (Å²) in [5.41, 5.74) is 0. The lowest BCUT2D eigenvalue weighted by Crippen LogP contribution is -2.28. The summed E-state index contributed by atoms with van der Waals surface area (Å²) in [6.07, 6.45) is 0. The zero-order valence-electron chi connectivity index (χ0n) is 6.20. The van der Waals surface area contributed by atoms with Crippen molar-refractivity contribution in [1.82, 2.24) is 4.72 Å². The molecular formula is C5H10N2O3S. The Morgan fingerprint density at radius 1 is 1.64 bits per heavy atom. The molecule has 0 aliphatic heterocycles. The monoisotopic (exact) mass is 178 g/mol. The molecule has 5 nitrogen and oxygen atoms in total. The summed E-state index contributed by atoms with van der Waals surface area (Å²) >= 11 is 0. The third-order valence-electron chi connectivity index (χ3n) is 0.883. The van der Waals surface area contributed by atoms with Crippen molar-refractivity contribution in [2.24, 2.45) is 0 Å². The quantitative estimate of drug-likeness (QED) is 0.552. The maximum Gasteiger partial charge on any atom is 0.225 e. The van der Waals surface area contributed by atoms with Crippen LogP contribution in [0.15, 0.2) is 0 Å². The standard InChI is InChI=1S/C5H10N2O3S/c1-10-4-3-7-11(8,9)5-2-6/h7H,3-5H2,1H3. The fraction of sp³-hybridized carbons (Fsp3) is 0.800. The molecule has 0 spiro atoms. The molecule has 0 radical (unpaired) electrons. The molecule has 0 aliphatic carbocycles. The number of hydrogen-bond acceptors (Lipinski definition) is 4. The van der Waals surface area contributed by atoms with Crippen molar-refractivity contribution in [1.29, 1.82) is 5.26 Å². The van der Waals surface area contributed by atoms with Crippen molar-refractivity contribution in [2.45, 2.75) is 0 Å². The molecule has 6 heteroatoms. The number of nitrogens with one attached hydrogen (secondary N) is 1. The second-order valence-electron chi connectivity index (χ2n) is 1.80. The molecule has 0 aromatic carbocycles. The fourth-order valence-electron chi connectivity index (χ4n) is 0.435. The molecule has 64 valence electrons. The van der Waals surface area contributed by atoms with Crippen molar-refractivity contribution < 1.29 is 13.2 Å². The zero-order valence-corrected chi connectivity index (χ0v) is 7.02. The van der Waals surface area contributed by atoms with Crippen LogP contribution >= 0.6 is 0 Å². The minimum absolute atomic E-state index is 0.209. The summed E-state index contributed by atoms with van der Waals surface area (Å²) in [6, 6.07) is 1.54. The highest BCUT2D eigenvalue weighted by atomic mass is 32.2. The van der Waals surface area contributed by atoms with Gasteiger partial charge in [-0.1, -0.05) is 0 Å². The van der Waals surface area contributed by atoms with Gasteiger partial charge in [-0.2, -0.15) is 5.26 Å². The summed E-state index contributed by atoms with van der Waals surface area (Å²) in [6.45, 7) is 0.519. The summed E-state index contributed by atoms with van der Waals surface area (Å²) < 4.78 is 28.2. The number of nitrogens with zero attached hydrogens (tertiary/aromatic N) is 1. The van der Waals surface area contributed by atoms with Crippen LogP contribution in [0.25, 0.3) is 0 Å². The topological polar surface area (TPSA) is 79.2 Å². The summed E-state index contributed by atoms with van der Waals surface area (Å²) in [5, 5.41) is 8.06. The van der Waals surface area contributed by atoms with Crippen LogP contribution in [0.3, 0.4) is 0 Å². The molecule has 0 unspecified atom stereocenters. The Morgan fingerprint density at radius 2 is 2.27 bits per heavy atom. The lowest BCUT2D eigenvalue weighted by Gasteiger charge is -2.00. The van der Waals surface area contributed by atoms with Crippen molar-refractivity contribution in [2.75, 3.05) is 26.0 Å². The molecule has 0 aliphatic rings. The van der Waals surface area contributed by atoms with Crippen LogP contribution in [0.2, 0.25) is 0 Å². The van der Waals surface area contributed by atoms with Gasteiger partial charge in [0.2, 0.25) is 10.0 Å². The number of ether oxygens (including phenoxy) is 1. The maximum atomic E-state index is 10.7. The molecular weight excluding hydrogens is 168 g/mol. The van der Waals surface area contributed by atoms with E-state index in [-0.39, 0.29) is 6.54 Å². The van der Waals surface area contributed by atoms with Gasteiger partial charge in [-0.05, 0) is 0 Å². The second kappa shape index (κ2) is 5.07. The molecule has 0 saturated carbocycles. The molecule has 0 rings (SSSR count). The minimum atomic E-state index is -3.40. The SMILES string of the molecule is COCCNS(=O)(=O)CC#N. The molecule has 0 heterocycles. The fourth-order valence-corrected chi connectivity index (χ4v) is 1.10. The average Bonchev–Trinajstić information content (AvgIpc) is 1.87. The van der Waals surface area contributed by atoms with E-state index in [1.165, 1.54) is 7.11 Å². The average molecular weight is 178 g/mol. The second-order valence-corrected chi connectivity index (χ2v) is 3.61. The van der Waals surface area contributed by atoms with Gasteiger partial charge in [0.05, 0.1) is 12.7 Å². The van der Waals surface area contributed by atoms with Crippen molar-refractivity contribution in [3.8, 4) is 6.07 Å². The first-order valence-electron chi connectivity index (χ1n) is 2.95. The van der Waals surface area contributed by atoms with Gasteiger partial charge in [0.15, 0.2) is 5.75 Å².